The van der Waals surface area contributed by atoms with Gasteiger partial charge in [0, 0.05) is 19.6 Å². The van der Waals surface area contributed by atoms with Crippen molar-refractivity contribution < 1.29 is 0 Å². The van der Waals surface area contributed by atoms with Crippen molar-refractivity contribution in [3.05, 3.63) is 191 Å². The van der Waals surface area contributed by atoms with Crippen LogP contribution in [0.1, 0.15) is 33.4 Å². The molecule has 1 heteroatoms. The van der Waals surface area contributed by atoms with Crippen LogP contribution in [0.2, 0.25) is 0 Å². The summed E-state index contributed by atoms with van der Waals surface area (Å²) >= 11 is 0. The van der Waals surface area contributed by atoms with E-state index in [9.17, 15) is 0 Å². The molecule has 40 heavy (non-hydrogen) atoms. The lowest BCUT2D eigenvalue weighted by Gasteiger charge is -2.21. The third-order valence-corrected chi connectivity index (χ3v) is 7.28. The summed E-state index contributed by atoms with van der Waals surface area (Å²) in [5.41, 5.74) is 10.2. The zero-order valence-corrected chi connectivity index (χ0v) is 23.3. The Kier molecular flexibility index (Phi) is 9.54. The van der Waals surface area contributed by atoms with Crippen LogP contribution in [-0.4, -0.2) is 24.5 Å². The average molecular weight is 520 g/mol. The van der Waals surface area contributed by atoms with Crippen molar-refractivity contribution in [1.29, 1.82) is 0 Å². The second-order valence-corrected chi connectivity index (χ2v) is 10.2. The first-order chi connectivity index (χ1) is 19.8. The van der Waals surface area contributed by atoms with Crippen molar-refractivity contribution in [3.8, 4) is 0 Å². The summed E-state index contributed by atoms with van der Waals surface area (Å²) in [7, 11) is 0. The Bertz CT molecular complexity index is 1320. The molecule has 0 aromatic heterocycles. The Morgan fingerprint density at radius 2 is 0.825 bits per heavy atom. The number of aryl methyl sites for hydroxylation is 1. The molecule has 0 N–H and O–H groups in total. The molecular formula is C39H37N. The summed E-state index contributed by atoms with van der Waals surface area (Å²) in [6, 6.07) is 51.9. The molecule has 0 heterocycles. The molecule has 0 unspecified atom stereocenters. The zero-order valence-electron chi connectivity index (χ0n) is 23.3. The molecule has 5 rings (SSSR count). The molecule has 5 aromatic rings. The van der Waals surface area contributed by atoms with E-state index in [0.717, 1.165) is 26.1 Å². The molecule has 0 aliphatic rings. The Morgan fingerprint density at radius 3 is 1.18 bits per heavy atom. The first kappa shape index (κ1) is 27.1. The van der Waals surface area contributed by atoms with Crippen molar-refractivity contribution in [2.45, 2.75) is 13.3 Å². The van der Waals surface area contributed by atoms with E-state index in [-0.39, 0.29) is 0 Å². The second kappa shape index (κ2) is 14.1. The largest absolute Gasteiger partial charge is 0.296 e. The minimum atomic E-state index is 0.859. The average Bonchev–Trinajstić information content (AvgIpc) is 3.02. The molecule has 0 aliphatic heterocycles. The summed E-state index contributed by atoms with van der Waals surface area (Å²) in [5.74, 6) is 0. The maximum absolute atomic E-state index is 2.55. The fourth-order valence-corrected chi connectivity index (χ4v) is 5.02. The van der Waals surface area contributed by atoms with Crippen molar-refractivity contribution in [2.75, 3.05) is 19.6 Å². The summed E-state index contributed by atoms with van der Waals surface area (Å²) < 4.78 is 0. The van der Waals surface area contributed by atoms with E-state index in [1.54, 1.807) is 0 Å². The quantitative estimate of drug-likeness (QED) is 0.168. The van der Waals surface area contributed by atoms with E-state index in [2.05, 4.69) is 170 Å². The molecule has 198 valence electrons. The van der Waals surface area contributed by atoms with Crippen LogP contribution in [0, 0.1) is 6.92 Å². The van der Waals surface area contributed by atoms with E-state index in [4.69, 9.17) is 0 Å². The normalized spacial score (nSPS) is 10.8. The molecule has 0 atom stereocenters. The highest BCUT2D eigenvalue weighted by Crippen LogP contribution is 2.25. The highest BCUT2D eigenvalue weighted by atomic mass is 15.1. The minimum absolute atomic E-state index is 0.859. The summed E-state index contributed by atoms with van der Waals surface area (Å²) in [4.78, 5) is 2.55. The van der Waals surface area contributed by atoms with Gasteiger partial charge in [0.2, 0.25) is 0 Å². The topological polar surface area (TPSA) is 3.24 Å². The number of hydrogen-bond donors (Lipinski definition) is 0. The smallest absolute Gasteiger partial charge is 0.0175 e. The maximum Gasteiger partial charge on any atom is 0.0175 e. The van der Waals surface area contributed by atoms with E-state index in [0.29, 0.717) is 0 Å². The van der Waals surface area contributed by atoms with Crippen molar-refractivity contribution in [2.24, 2.45) is 0 Å². The van der Waals surface area contributed by atoms with Crippen molar-refractivity contribution >= 4 is 11.1 Å². The standard InChI is InChI=1S/C39H37N/c1-32-22-24-33(25-23-32)26-29-40(30-27-38(34-14-6-2-7-15-34)35-16-8-3-9-17-35)31-28-39(36-18-10-4-11-19-36)37-20-12-5-13-21-37/h2-25,27-28H,26,29-31H2,1H3. The highest BCUT2D eigenvalue weighted by Gasteiger charge is 2.10. The van der Waals surface area contributed by atoms with E-state index in [1.807, 2.05) is 0 Å². The molecule has 0 radical (unpaired) electrons. The van der Waals surface area contributed by atoms with Crippen LogP contribution in [0.25, 0.3) is 11.1 Å². The van der Waals surface area contributed by atoms with Gasteiger partial charge in [-0.05, 0) is 52.3 Å². The number of rotatable bonds is 11. The molecule has 1 nitrogen and oxygen atoms in total. The molecule has 0 aliphatic carbocycles. The predicted molar refractivity (Wildman–Crippen MR) is 171 cm³/mol. The fourth-order valence-electron chi connectivity index (χ4n) is 5.02. The lowest BCUT2D eigenvalue weighted by Crippen LogP contribution is -2.27. The van der Waals surface area contributed by atoms with Crippen molar-refractivity contribution in [3.63, 3.8) is 0 Å². The Morgan fingerprint density at radius 1 is 0.475 bits per heavy atom. The van der Waals surface area contributed by atoms with Crippen LogP contribution in [0.15, 0.2) is 158 Å². The Labute approximate surface area is 239 Å². The van der Waals surface area contributed by atoms with E-state index >= 15 is 0 Å². The van der Waals surface area contributed by atoms with Gasteiger partial charge in [0.15, 0.2) is 0 Å². The van der Waals surface area contributed by atoms with Gasteiger partial charge in [-0.2, -0.15) is 0 Å². The van der Waals surface area contributed by atoms with Gasteiger partial charge in [0.05, 0.1) is 0 Å². The molecule has 0 spiro atoms. The lowest BCUT2D eigenvalue weighted by atomic mass is 9.97. The van der Waals surface area contributed by atoms with Crippen LogP contribution >= 0.6 is 0 Å². The molecule has 0 fully saturated rings. The third kappa shape index (κ3) is 7.56. The van der Waals surface area contributed by atoms with Gasteiger partial charge in [-0.25, -0.2) is 0 Å². The molecule has 0 bridgehead atoms. The maximum atomic E-state index is 2.55. The van der Waals surface area contributed by atoms with Gasteiger partial charge >= 0.3 is 0 Å². The molecule has 0 amide bonds. The minimum Gasteiger partial charge on any atom is -0.296 e. The van der Waals surface area contributed by atoms with Gasteiger partial charge in [-0.3, -0.25) is 4.90 Å². The number of nitrogens with zero attached hydrogens (tertiary/aromatic N) is 1. The van der Waals surface area contributed by atoms with Crippen molar-refractivity contribution in [1.82, 2.24) is 4.90 Å². The van der Waals surface area contributed by atoms with Gasteiger partial charge in [0.1, 0.15) is 0 Å². The molecular weight excluding hydrogens is 482 g/mol. The SMILES string of the molecule is Cc1ccc(CCN(CC=C(c2ccccc2)c2ccccc2)CC=C(c2ccccc2)c2ccccc2)cc1. The third-order valence-electron chi connectivity index (χ3n) is 7.28. The van der Waals surface area contributed by atoms with Crippen LogP contribution in [0.5, 0.6) is 0 Å². The predicted octanol–water partition coefficient (Wildman–Crippen LogP) is 9.10. The first-order valence-electron chi connectivity index (χ1n) is 14.2. The van der Waals surface area contributed by atoms with E-state index < -0.39 is 0 Å². The number of hydrogen-bond acceptors (Lipinski definition) is 1. The first-order valence-corrected chi connectivity index (χ1v) is 14.2. The second-order valence-electron chi connectivity index (χ2n) is 10.2. The zero-order chi connectivity index (χ0) is 27.4. The number of benzene rings is 5. The Balaban J connectivity index is 1.46. The summed E-state index contributed by atoms with van der Waals surface area (Å²) in [6.07, 6.45) is 5.82. The summed E-state index contributed by atoms with van der Waals surface area (Å²) in [6.45, 7) is 4.84. The van der Waals surface area contributed by atoms with Crippen LogP contribution < -0.4 is 0 Å². The summed E-state index contributed by atoms with van der Waals surface area (Å²) in [5, 5.41) is 0. The highest BCUT2D eigenvalue weighted by molar-refractivity contribution is 5.80. The monoisotopic (exact) mass is 519 g/mol. The van der Waals surface area contributed by atoms with Crippen LogP contribution in [0.4, 0.5) is 0 Å². The van der Waals surface area contributed by atoms with Gasteiger partial charge < -0.3 is 0 Å². The van der Waals surface area contributed by atoms with Crippen LogP contribution in [0.3, 0.4) is 0 Å². The molecule has 0 saturated heterocycles. The van der Waals surface area contributed by atoms with Gasteiger partial charge in [0.25, 0.3) is 0 Å². The van der Waals surface area contributed by atoms with Gasteiger partial charge in [-0.15, -0.1) is 0 Å². The van der Waals surface area contributed by atoms with E-state index in [1.165, 1.54) is 44.5 Å². The van der Waals surface area contributed by atoms with Gasteiger partial charge in [-0.1, -0.05) is 163 Å². The molecule has 0 saturated carbocycles. The van der Waals surface area contributed by atoms with Crippen LogP contribution in [-0.2, 0) is 6.42 Å². The lowest BCUT2D eigenvalue weighted by molar-refractivity contribution is 0.340. The molecule has 5 aromatic carbocycles. The fraction of sp³-hybridized carbons (Fsp3) is 0.128. The Hall–Kier alpha value is -4.46.